The van der Waals surface area contributed by atoms with Crippen molar-refractivity contribution in [1.82, 2.24) is 0 Å². The third-order valence-corrected chi connectivity index (χ3v) is 6.98. The van der Waals surface area contributed by atoms with Crippen LogP contribution in [-0.4, -0.2) is 39.2 Å². The van der Waals surface area contributed by atoms with Crippen molar-refractivity contribution in [3.8, 4) is 5.75 Å². The summed E-state index contributed by atoms with van der Waals surface area (Å²) in [6.45, 7) is 0.684. The maximum atomic E-state index is 14.2. The van der Waals surface area contributed by atoms with Crippen LogP contribution in [0, 0.1) is 29.1 Å². The zero-order valence-corrected chi connectivity index (χ0v) is 23.0. The van der Waals surface area contributed by atoms with Crippen LogP contribution in [0.25, 0.3) is 6.08 Å². The molecule has 0 atom stereocenters. The molecule has 200 valence electrons. The number of ether oxygens (including phenoxy) is 1. The largest absolute Gasteiger partial charge is 0.495 e. The van der Waals surface area contributed by atoms with Gasteiger partial charge in [0.1, 0.15) is 11.4 Å². The molecular formula is C26H20Br2F5N3O2. The number of amides is 1. The molecular weight excluding hydrogens is 641 g/mol. The first kappa shape index (κ1) is 27.9. The number of hydrogen-bond acceptors (Lipinski definition) is 4. The Morgan fingerprint density at radius 3 is 2.00 bits per heavy atom. The van der Waals surface area contributed by atoms with Gasteiger partial charge in [-0.3, -0.25) is 4.79 Å². The third-order valence-electron chi connectivity index (χ3n) is 5.94. The number of halogens is 7. The summed E-state index contributed by atoms with van der Waals surface area (Å²) in [5.41, 5.74) is 1.11. The van der Waals surface area contributed by atoms with Gasteiger partial charge in [0.05, 0.1) is 11.6 Å². The number of benzene rings is 3. The maximum absolute atomic E-state index is 14.2. The maximum Gasteiger partial charge on any atom is 0.248 e. The normalized spacial score (nSPS) is 13.8. The Morgan fingerprint density at radius 1 is 0.868 bits per heavy atom. The second kappa shape index (κ2) is 11.7. The summed E-state index contributed by atoms with van der Waals surface area (Å²) >= 11 is 6.82. The fourth-order valence-corrected chi connectivity index (χ4v) is 5.50. The molecule has 1 aliphatic rings. The van der Waals surface area contributed by atoms with Crippen LogP contribution in [0.4, 0.5) is 39.0 Å². The summed E-state index contributed by atoms with van der Waals surface area (Å²) in [5, 5.41) is 2.76. The van der Waals surface area contributed by atoms with E-state index in [0.717, 1.165) is 19.5 Å². The average Bonchev–Trinajstić information content (AvgIpc) is 2.90. The smallest absolute Gasteiger partial charge is 0.248 e. The number of carbonyl (C=O) groups excluding carboxylic acids is 1. The van der Waals surface area contributed by atoms with Crippen LogP contribution in [0.1, 0.15) is 5.56 Å². The lowest BCUT2D eigenvalue weighted by Gasteiger charge is -2.37. The molecule has 5 nitrogen and oxygen atoms in total. The van der Waals surface area contributed by atoms with Gasteiger partial charge in [0.15, 0.2) is 23.3 Å². The summed E-state index contributed by atoms with van der Waals surface area (Å²) in [5.74, 6) is -9.54. The van der Waals surface area contributed by atoms with E-state index in [9.17, 15) is 26.7 Å². The second-order valence-corrected chi connectivity index (χ2v) is 10.0. The topological polar surface area (TPSA) is 44.8 Å². The van der Waals surface area contributed by atoms with Crippen molar-refractivity contribution in [1.29, 1.82) is 0 Å². The SMILES string of the molecule is COc1c(Br)cc(Br)cc1/C=C/C(=O)Nc1ccc(N2CCN(c3c(F)c(F)c(F)c(F)c3F)CC2)cc1. The Bertz CT molecular complexity index is 1370. The van der Waals surface area contributed by atoms with Gasteiger partial charge in [0, 0.05) is 53.7 Å². The minimum Gasteiger partial charge on any atom is -0.495 e. The van der Waals surface area contributed by atoms with Crippen molar-refractivity contribution in [2.75, 3.05) is 48.4 Å². The van der Waals surface area contributed by atoms with Gasteiger partial charge < -0.3 is 19.9 Å². The number of piperazine rings is 1. The predicted octanol–water partition coefficient (Wildman–Crippen LogP) is 6.89. The van der Waals surface area contributed by atoms with Crippen LogP contribution in [0.3, 0.4) is 0 Å². The van der Waals surface area contributed by atoms with E-state index in [4.69, 9.17) is 4.74 Å². The molecule has 1 heterocycles. The molecule has 0 radical (unpaired) electrons. The number of hydrogen-bond donors (Lipinski definition) is 1. The van der Waals surface area contributed by atoms with Gasteiger partial charge in [-0.15, -0.1) is 0 Å². The van der Waals surface area contributed by atoms with Crippen LogP contribution in [0.5, 0.6) is 5.75 Å². The van der Waals surface area contributed by atoms with E-state index >= 15 is 0 Å². The lowest BCUT2D eigenvalue weighted by molar-refractivity contribution is -0.111. The molecule has 12 heteroatoms. The van der Waals surface area contributed by atoms with Crippen LogP contribution in [0.2, 0.25) is 0 Å². The van der Waals surface area contributed by atoms with E-state index in [1.807, 2.05) is 17.0 Å². The molecule has 1 saturated heterocycles. The van der Waals surface area contributed by atoms with E-state index in [0.29, 0.717) is 17.0 Å². The first-order chi connectivity index (χ1) is 18.1. The lowest BCUT2D eigenvalue weighted by atomic mass is 10.1. The standard InChI is InChI=1S/C26H20Br2F5N3O2/c1-38-26-14(12-15(27)13-18(26)28)2-7-19(37)34-16-3-5-17(6-4-16)35-8-10-36(11-9-35)25-23(32)21(30)20(29)22(31)24(25)33/h2-7,12-13H,8-11H2,1H3,(H,34,37)/b7-2+. The van der Waals surface area contributed by atoms with Crippen molar-refractivity contribution in [3.63, 3.8) is 0 Å². The highest BCUT2D eigenvalue weighted by atomic mass is 79.9. The third kappa shape index (κ3) is 5.80. The van der Waals surface area contributed by atoms with Crippen molar-refractivity contribution in [2.24, 2.45) is 0 Å². The molecule has 1 N–H and O–H groups in total. The summed E-state index contributed by atoms with van der Waals surface area (Å²) in [6.07, 6.45) is 3.01. The van der Waals surface area contributed by atoms with Crippen LogP contribution < -0.4 is 19.9 Å². The average molecular weight is 661 g/mol. The molecule has 0 aromatic heterocycles. The first-order valence-corrected chi connectivity index (χ1v) is 12.8. The van der Waals surface area contributed by atoms with Crippen molar-refractivity contribution < 1.29 is 31.5 Å². The lowest BCUT2D eigenvalue weighted by Crippen LogP contribution is -2.47. The Morgan fingerprint density at radius 2 is 1.42 bits per heavy atom. The number of carbonyl (C=O) groups is 1. The summed E-state index contributed by atoms with van der Waals surface area (Å²) < 4.78 is 75.7. The zero-order chi connectivity index (χ0) is 27.6. The Kier molecular flexibility index (Phi) is 8.61. The second-order valence-electron chi connectivity index (χ2n) is 8.27. The minimum absolute atomic E-state index is 0.0524. The fourth-order valence-electron chi connectivity index (χ4n) is 4.08. The van der Waals surface area contributed by atoms with Gasteiger partial charge in [0.25, 0.3) is 0 Å². The fraction of sp³-hybridized carbons (Fsp3) is 0.192. The monoisotopic (exact) mass is 659 g/mol. The van der Waals surface area contributed by atoms with Gasteiger partial charge in [-0.1, -0.05) is 15.9 Å². The highest BCUT2D eigenvalue weighted by Crippen LogP contribution is 2.34. The zero-order valence-electron chi connectivity index (χ0n) is 19.8. The highest BCUT2D eigenvalue weighted by molar-refractivity contribution is 9.11. The highest BCUT2D eigenvalue weighted by Gasteiger charge is 2.30. The van der Waals surface area contributed by atoms with Crippen LogP contribution in [-0.2, 0) is 4.79 Å². The first-order valence-electron chi connectivity index (χ1n) is 11.2. The van der Waals surface area contributed by atoms with Gasteiger partial charge in [0.2, 0.25) is 11.7 Å². The molecule has 1 amide bonds. The summed E-state index contributed by atoms with van der Waals surface area (Å²) in [7, 11) is 1.53. The van der Waals surface area contributed by atoms with E-state index in [1.54, 1.807) is 30.3 Å². The number of nitrogens with zero attached hydrogens (tertiary/aromatic N) is 2. The number of anilines is 3. The number of rotatable bonds is 6. The molecule has 0 spiro atoms. The molecule has 0 saturated carbocycles. The number of nitrogens with one attached hydrogen (secondary N) is 1. The van der Waals surface area contributed by atoms with Crippen molar-refractivity contribution >= 4 is 60.9 Å². The molecule has 0 aliphatic carbocycles. The molecule has 3 aromatic carbocycles. The molecule has 4 rings (SSSR count). The van der Waals surface area contributed by atoms with Gasteiger partial charge >= 0.3 is 0 Å². The Balaban J connectivity index is 1.38. The Hall–Kier alpha value is -3.12. The quantitative estimate of drug-likeness (QED) is 0.135. The van der Waals surface area contributed by atoms with Crippen LogP contribution >= 0.6 is 31.9 Å². The number of methoxy groups -OCH3 is 1. The van der Waals surface area contributed by atoms with E-state index < -0.39 is 34.8 Å². The van der Waals surface area contributed by atoms with E-state index in [1.165, 1.54) is 13.2 Å². The van der Waals surface area contributed by atoms with Gasteiger partial charge in [-0.05, 0) is 58.4 Å². The molecule has 1 fully saturated rings. The van der Waals surface area contributed by atoms with E-state index in [-0.39, 0.29) is 32.1 Å². The van der Waals surface area contributed by atoms with E-state index in [2.05, 4.69) is 37.2 Å². The molecule has 1 aliphatic heterocycles. The molecule has 0 unspecified atom stereocenters. The predicted molar refractivity (Wildman–Crippen MR) is 143 cm³/mol. The van der Waals surface area contributed by atoms with Gasteiger partial charge in [-0.2, -0.15) is 0 Å². The summed E-state index contributed by atoms with van der Waals surface area (Å²) in [4.78, 5) is 15.5. The van der Waals surface area contributed by atoms with Crippen molar-refractivity contribution in [2.45, 2.75) is 0 Å². The molecule has 38 heavy (non-hydrogen) atoms. The van der Waals surface area contributed by atoms with Crippen molar-refractivity contribution in [3.05, 3.63) is 86.1 Å². The van der Waals surface area contributed by atoms with Gasteiger partial charge in [-0.25, -0.2) is 22.0 Å². The molecule has 3 aromatic rings. The summed E-state index contributed by atoms with van der Waals surface area (Å²) in [6, 6.07) is 10.6. The Labute approximate surface area is 232 Å². The molecule has 0 bridgehead atoms. The van der Waals surface area contributed by atoms with Crippen LogP contribution in [0.15, 0.2) is 51.4 Å². The minimum atomic E-state index is -2.18.